The van der Waals surface area contributed by atoms with Crippen LogP contribution < -0.4 is 10.6 Å². The van der Waals surface area contributed by atoms with E-state index in [0.717, 1.165) is 35.1 Å². The zero-order valence-corrected chi connectivity index (χ0v) is 14.3. The third-order valence-corrected chi connectivity index (χ3v) is 5.40. The molecule has 4 nitrogen and oxygen atoms in total. The van der Waals surface area contributed by atoms with Gasteiger partial charge in [0.2, 0.25) is 11.8 Å². The van der Waals surface area contributed by atoms with Gasteiger partial charge in [-0.15, -0.1) is 0 Å². The highest BCUT2D eigenvalue weighted by Crippen LogP contribution is 2.43. The Hall–Kier alpha value is -2.62. The standard InChI is InChI=1S/C21H22N2O2/c1-2-13-11-12-18(20(24)22-13)21(25)23-19-16-9-5-3-7-14(16)15-8-4-6-10-17(15)19/h3-10,13,18-19H,2,11-12H2,1H3,(H,22,24)(H,23,25). The Morgan fingerprint density at radius 2 is 1.64 bits per heavy atom. The summed E-state index contributed by atoms with van der Waals surface area (Å²) < 4.78 is 0. The van der Waals surface area contributed by atoms with E-state index < -0.39 is 5.92 Å². The summed E-state index contributed by atoms with van der Waals surface area (Å²) in [4.78, 5) is 25.1. The molecule has 0 aromatic heterocycles. The first-order chi connectivity index (χ1) is 12.2. The summed E-state index contributed by atoms with van der Waals surface area (Å²) in [6, 6.07) is 16.3. The number of carbonyl (C=O) groups is 2. The van der Waals surface area contributed by atoms with E-state index in [9.17, 15) is 9.59 Å². The molecule has 1 saturated heterocycles. The fourth-order valence-electron chi connectivity index (χ4n) is 3.98. The lowest BCUT2D eigenvalue weighted by Crippen LogP contribution is -2.49. The van der Waals surface area contributed by atoms with Gasteiger partial charge in [-0.05, 0) is 41.5 Å². The second-order valence-electron chi connectivity index (χ2n) is 6.86. The van der Waals surface area contributed by atoms with Crippen molar-refractivity contribution >= 4 is 11.8 Å². The van der Waals surface area contributed by atoms with Gasteiger partial charge in [0.15, 0.2) is 0 Å². The maximum Gasteiger partial charge on any atom is 0.233 e. The zero-order valence-electron chi connectivity index (χ0n) is 14.3. The number of amides is 2. The molecule has 0 radical (unpaired) electrons. The van der Waals surface area contributed by atoms with E-state index in [4.69, 9.17) is 0 Å². The first-order valence-corrected chi connectivity index (χ1v) is 8.98. The van der Waals surface area contributed by atoms with Gasteiger partial charge in [-0.25, -0.2) is 0 Å². The first kappa shape index (κ1) is 15.9. The molecule has 0 saturated carbocycles. The van der Waals surface area contributed by atoms with Crippen LogP contribution in [0.4, 0.5) is 0 Å². The van der Waals surface area contributed by atoms with Crippen LogP contribution >= 0.6 is 0 Å². The van der Waals surface area contributed by atoms with Crippen molar-refractivity contribution in [2.75, 3.05) is 0 Å². The number of hydrogen-bond acceptors (Lipinski definition) is 2. The van der Waals surface area contributed by atoms with Gasteiger partial charge in [-0.2, -0.15) is 0 Å². The molecule has 1 fully saturated rings. The Bertz CT molecular complexity index is 785. The van der Waals surface area contributed by atoms with Crippen LogP contribution in [0.1, 0.15) is 43.4 Å². The van der Waals surface area contributed by atoms with E-state index in [1.54, 1.807) is 0 Å². The maximum atomic E-state index is 12.8. The zero-order chi connectivity index (χ0) is 17.4. The highest BCUT2D eigenvalue weighted by atomic mass is 16.2. The van der Waals surface area contributed by atoms with Crippen molar-refractivity contribution in [2.45, 2.75) is 38.3 Å². The van der Waals surface area contributed by atoms with E-state index >= 15 is 0 Å². The van der Waals surface area contributed by atoms with Crippen molar-refractivity contribution in [3.63, 3.8) is 0 Å². The maximum absolute atomic E-state index is 12.8. The lowest BCUT2D eigenvalue weighted by atomic mass is 9.91. The Kier molecular flexibility index (Phi) is 4.04. The van der Waals surface area contributed by atoms with Gasteiger partial charge in [0.25, 0.3) is 0 Å². The van der Waals surface area contributed by atoms with Gasteiger partial charge in [-0.3, -0.25) is 9.59 Å². The van der Waals surface area contributed by atoms with E-state index in [-0.39, 0.29) is 23.9 Å². The minimum absolute atomic E-state index is 0.143. The van der Waals surface area contributed by atoms with E-state index in [0.29, 0.717) is 6.42 Å². The van der Waals surface area contributed by atoms with Gasteiger partial charge < -0.3 is 10.6 Å². The Morgan fingerprint density at radius 3 is 2.20 bits per heavy atom. The Balaban J connectivity index is 1.59. The number of piperidine rings is 1. The SMILES string of the molecule is CCC1CCC(C(=O)NC2c3ccccc3-c3ccccc32)C(=O)N1. The summed E-state index contributed by atoms with van der Waals surface area (Å²) >= 11 is 0. The minimum atomic E-state index is -0.595. The van der Waals surface area contributed by atoms with E-state index in [1.165, 1.54) is 0 Å². The van der Waals surface area contributed by atoms with Gasteiger partial charge in [0.1, 0.15) is 5.92 Å². The molecule has 2 N–H and O–H groups in total. The van der Waals surface area contributed by atoms with Crippen molar-refractivity contribution in [1.29, 1.82) is 0 Å². The smallest absolute Gasteiger partial charge is 0.233 e. The quantitative estimate of drug-likeness (QED) is 0.847. The fraction of sp³-hybridized carbons (Fsp3) is 0.333. The molecule has 0 bridgehead atoms. The molecule has 2 unspecified atom stereocenters. The number of nitrogens with one attached hydrogen (secondary N) is 2. The molecule has 25 heavy (non-hydrogen) atoms. The number of fused-ring (bicyclic) bond motifs is 3. The highest BCUT2D eigenvalue weighted by Gasteiger charge is 2.36. The second kappa shape index (κ2) is 6.36. The van der Waals surface area contributed by atoms with Gasteiger partial charge in [0.05, 0.1) is 6.04 Å². The monoisotopic (exact) mass is 334 g/mol. The van der Waals surface area contributed by atoms with Crippen molar-refractivity contribution in [3.05, 3.63) is 59.7 Å². The van der Waals surface area contributed by atoms with Crippen molar-refractivity contribution in [2.24, 2.45) is 5.92 Å². The summed E-state index contributed by atoms with van der Waals surface area (Å²) in [7, 11) is 0. The molecule has 2 atom stereocenters. The van der Waals surface area contributed by atoms with Crippen LogP contribution in [-0.2, 0) is 9.59 Å². The molecule has 128 valence electrons. The minimum Gasteiger partial charge on any atom is -0.353 e. The van der Waals surface area contributed by atoms with Gasteiger partial charge in [0, 0.05) is 6.04 Å². The molecule has 1 aliphatic carbocycles. The molecule has 2 amide bonds. The third-order valence-electron chi connectivity index (χ3n) is 5.40. The first-order valence-electron chi connectivity index (χ1n) is 8.98. The lowest BCUT2D eigenvalue weighted by molar-refractivity contribution is -0.138. The van der Waals surface area contributed by atoms with Gasteiger partial charge >= 0.3 is 0 Å². The van der Waals surface area contributed by atoms with Crippen molar-refractivity contribution < 1.29 is 9.59 Å². The lowest BCUT2D eigenvalue weighted by Gasteiger charge is -2.28. The summed E-state index contributed by atoms with van der Waals surface area (Å²) in [5.41, 5.74) is 4.50. The third kappa shape index (κ3) is 2.72. The summed E-state index contributed by atoms with van der Waals surface area (Å²) in [6.45, 7) is 2.05. The molecule has 2 aromatic rings. The molecular weight excluding hydrogens is 312 g/mol. The van der Waals surface area contributed by atoms with Gasteiger partial charge in [-0.1, -0.05) is 55.5 Å². The number of carbonyl (C=O) groups excluding carboxylic acids is 2. The Morgan fingerprint density at radius 1 is 1.04 bits per heavy atom. The normalized spacial score (nSPS) is 22.0. The second-order valence-corrected chi connectivity index (χ2v) is 6.86. The average Bonchev–Trinajstić information content (AvgIpc) is 2.96. The number of hydrogen-bond donors (Lipinski definition) is 2. The molecule has 2 aliphatic rings. The number of benzene rings is 2. The summed E-state index contributed by atoms with van der Waals surface area (Å²) in [5, 5.41) is 6.08. The Labute approximate surface area is 147 Å². The van der Waals surface area contributed by atoms with Crippen LogP contribution in [0.2, 0.25) is 0 Å². The van der Waals surface area contributed by atoms with Crippen LogP contribution in [0.3, 0.4) is 0 Å². The average molecular weight is 334 g/mol. The fourth-order valence-corrected chi connectivity index (χ4v) is 3.98. The van der Waals surface area contributed by atoms with Crippen molar-refractivity contribution in [1.82, 2.24) is 10.6 Å². The van der Waals surface area contributed by atoms with Crippen LogP contribution in [0.5, 0.6) is 0 Å². The molecule has 2 aromatic carbocycles. The molecule has 1 aliphatic heterocycles. The van der Waals surface area contributed by atoms with Crippen molar-refractivity contribution in [3.8, 4) is 11.1 Å². The molecule has 1 heterocycles. The predicted molar refractivity (Wildman–Crippen MR) is 96.8 cm³/mol. The van der Waals surface area contributed by atoms with E-state index in [2.05, 4.69) is 29.7 Å². The topological polar surface area (TPSA) is 58.2 Å². The highest BCUT2D eigenvalue weighted by molar-refractivity contribution is 6.01. The summed E-state index contributed by atoms with van der Waals surface area (Å²) in [6.07, 6.45) is 2.38. The predicted octanol–water partition coefficient (Wildman–Crippen LogP) is 3.18. The number of rotatable bonds is 3. The molecular formula is C21H22N2O2. The summed E-state index contributed by atoms with van der Waals surface area (Å²) in [5.74, 6) is -0.915. The van der Waals surface area contributed by atoms with Crippen LogP contribution in [-0.4, -0.2) is 17.9 Å². The van der Waals surface area contributed by atoms with E-state index in [1.807, 2.05) is 36.4 Å². The largest absolute Gasteiger partial charge is 0.353 e. The van der Waals surface area contributed by atoms with Crippen LogP contribution in [0.25, 0.3) is 11.1 Å². The molecule has 0 spiro atoms. The molecule has 4 rings (SSSR count). The van der Waals surface area contributed by atoms with Crippen LogP contribution in [0.15, 0.2) is 48.5 Å². The molecule has 4 heteroatoms. The van der Waals surface area contributed by atoms with Crippen LogP contribution in [0, 0.1) is 5.92 Å².